The minimum Gasteiger partial charge on any atom is -0.321 e. The smallest absolute Gasteiger partial charge is 0.248 e. The van der Waals surface area contributed by atoms with Crippen molar-refractivity contribution < 1.29 is 13.6 Å². The van der Waals surface area contributed by atoms with E-state index in [1.165, 1.54) is 6.07 Å². The number of amides is 1. The minimum atomic E-state index is -0.714. The second-order valence-electron chi connectivity index (χ2n) is 5.00. The molecule has 0 aliphatic heterocycles. The number of carbonyl (C=O) groups is 1. The molecule has 22 heavy (non-hydrogen) atoms. The van der Waals surface area contributed by atoms with E-state index in [1.54, 1.807) is 6.92 Å². The maximum atomic E-state index is 13.5. The van der Waals surface area contributed by atoms with Crippen LogP contribution in [0.15, 0.2) is 30.3 Å². The van der Waals surface area contributed by atoms with Gasteiger partial charge in [-0.1, -0.05) is 6.07 Å². The SMILES string of the molecule is Cc1cc(C)c(NC(=O)/C=C/c2c(F)cccc2F)c(C)n1. The van der Waals surface area contributed by atoms with Gasteiger partial charge in [-0.05, 0) is 50.6 Å². The third kappa shape index (κ3) is 3.55. The van der Waals surface area contributed by atoms with Gasteiger partial charge in [-0.25, -0.2) is 8.78 Å². The fraction of sp³-hybridized carbons (Fsp3) is 0.176. The average molecular weight is 302 g/mol. The molecule has 1 aromatic heterocycles. The summed E-state index contributed by atoms with van der Waals surface area (Å²) < 4.78 is 26.9. The molecule has 1 heterocycles. The zero-order valence-corrected chi connectivity index (χ0v) is 12.6. The topological polar surface area (TPSA) is 42.0 Å². The van der Waals surface area contributed by atoms with Crippen molar-refractivity contribution in [1.29, 1.82) is 0 Å². The standard InChI is InChI=1S/C17H16F2N2O/c1-10-9-11(2)20-12(3)17(10)21-16(22)8-7-13-14(18)5-4-6-15(13)19/h4-9H,1-3H3,(H,21,22)/b8-7+. The normalized spacial score (nSPS) is 11.0. The van der Waals surface area contributed by atoms with Gasteiger partial charge in [0.25, 0.3) is 0 Å². The second-order valence-corrected chi connectivity index (χ2v) is 5.00. The van der Waals surface area contributed by atoms with E-state index in [-0.39, 0.29) is 5.56 Å². The lowest BCUT2D eigenvalue weighted by Gasteiger charge is -2.10. The van der Waals surface area contributed by atoms with Crippen LogP contribution in [-0.4, -0.2) is 10.9 Å². The highest BCUT2D eigenvalue weighted by Crippen LogP contribution is 2.19. The van der Waals surface area contributed by atoms with Gasteiger partial charge < -0.3 is 5.32 Å². The summed E-state index contributed by atoms with van der Waals surface area (Å²) >= 11 is 0. The van der Waals surface area contributed by atoms with Crippen LogP contribution in [0.2, 0.25) is 0 Å². The lowest BCUT2D eigenvalue weighted by atomic mass is 10.1. The fourth-order valence-corrected chi connectivity index (χ4v) is 2.21. The molecule has 0 saturated carbocycles. The monoisotopic (exact) mass is 302 g/mol. The third-order valence-corrected chi connectivity index (χ3v) is 3.17. The Balaban J connectivity index is 2.19. The van der Waals surface area contributed by atoms with E-state index in [0.29, 0.717) is 11.4 Å². The second kappa shape index (κ2) is 6.47. The molecule has 0 aliphatic rings. The minimum absolute atomic E-state index is 0.242. The number of pyridine rings is 1. The first-order chi connectivity index (χ1) is 10.4. The highest BCUT2D eigenvalue weighted by molar-refractivity contribution is 6.02. The third-order valence-electron chi connectivity index (χ3n) is 3.17. The largest absolute Gasteiger partial charge is 0.321 e. The molecule has 0 radical (unpaired) electrons. The van der Waals surface area contributed by atoms with Gasteiger partial charge in [0.1, 0.15) is 11.6 Å². The van der Waals surface area contributed by atoms with E-state index < -0.39 is 17.5 Å². The van der Waals surface area contributed by atoms with Crippen LogP contribution in [0.25, 0.3) is 6.08 Å². The first kappa shape index (κ1) is 15.8. The Kier molecular flexibility index (Phi) is 4.65. The number of nitrogens with zero attached hydrogens (tertiary/aromatic N) is 1. The van der Waals surface area contributed by atoms with Gasteiger partial charge in [-0.2, -0.15) is 0 Å². The first-order valence-electron chi connectivity index (χ1n) is 6.76. The molecule has 1 N–H and O–H groups in total. The Bertz CT molecular complexity index is 711. The van der Waals surface area contributed by atoms with Gasteiger partial charge in [0.05, 0.1) is 11.4 Å². The number of anilines is 1. The van der Waals surface area contributed by atoms with Crippen LogP contribution >= 0.6 is 0 Å². The molecule has 0 aliphatic carbocycles. The van der Waals surface area contributed by atoms with Crippen LogP contribution in [0.5, 0.6) is 0 Å². The van der Waals surface area contributed by atoms with Gasteiger partial charge in [-0.3, -0.25) is 9.78 Å². The molecule has 0 unspecified atom stereocenters. The van der Waals surface area contributed by atoms with E-state index >= 15 is 0 Å². The molecule has 5 heteroatoms. The Morgan fingerprint density at radius 2 is 1.82 bits per heavy atom. The molecule has 0 spiro atoms. The predicted molar refractivity (Wildman–Crippen MR) is 82.5 cm³/mol. The summed E-state index contributed by atoms with van der Waals surface area (Å²) in [7, 11) is 0. The molecule has 0 bridgehead atoms. The van der Waals surface area contributed by atoms with Gasteiger partial charge in [0.15, 0.2) is 0 Å². The number of aromatic nitrogens is 1. The number of aryl methyl sites for hydroxylation is 3. The highest BCUT2D eigenvalue weighted by atomic mass is 19.1. The Hall–Kier alpha value is -2.56. The quantitative estimate of drug-likeness (QED) is 0.873. The van der Waals surface area contributed by atoms with Crippen LogP contribution in [0, 0.1) is 32.4 Å². The molecule has 114 valence electrons. The maximum Gasteiger partial charge on any atom is 0.248 e. The fourth-order valence-electron chi connectivity index (χ4n) is 2.21. The van der Waals surface area contributed by atoms with Crippen molar-refractivity contribution in [2.45, 2.75) is 20.8 Å². The molecule has 1 amide bonds. The number of nitrogens with one attached hydrogen (secondary N) is 1. The molecular formula is C17H16F2N2O. The number of halogens is 2. The summed E-state index contributed by atoms with van der Waals surface area (Å²) in [5, 5.41) is 2.68. The molecule has 1 aromatic carbocycles. The van der Waals surface area contributed by atoms with Crippen molar-refractivity contribution in [3.63, 3.8) is 0 Å². The Morgan fingerprint density at radius 1 is 1.18 bits per heavy atom. The highest BCUT2D eigenvalue weighted by Gasteiger charge is 2.09. The van der Waals surface area contributed by atoms with Crippen LogP contribution < -0.4 is 5.32 Å². The van der Waals surface area contributed by atoms with Gasteiger partial charge in [0, 0.05) is 17.3 Å². The van der Waals surface area contributed by atoms with Crippen molar-refractivity contribution in [1.82, 2.24) is 4.98 Å². The molecule has 2 aromatic rings. The van der Waals surface area contributed by atoms with Crippen molar-refractivity contribution in [3.05, 3.63) is 64.5 Å². The number of carbonyl (C=O) groups excluding carboxylic acids is 1. The number of hydrogen-bond donors (Lipinski definition) is 1. The van der Waals surface area contributed by atoms with E-state index in [9.17, 15) is 13.6 Å². The maximum absolute atomic E-state index is 13.5. The van der Waals surface area contributed by atoms with Gasteiger partial charge in [0.2, 0.25) is 5.91 Å². The number of benzene rings is 1. The summed E-state index contributed by atoms with van der Waals surface area (Å²) in [6.07, 6.45) is 2.21. The van der Waals surface area contributed by atoms with Crippen LogP contribution in [0.4, 0.5) is 14.5 Å². The van der Waals surface area contributed by atoms with Crippen LogP contribution in [0.3, 0.4) is 0 Å². The average Bonchev–Trinajstić information content (AvgIpc) is 2.42. The Morgan fingerprint density at radius 3 is 2.41 bits per heavy atom. The van der Waals surface area contributed by atoms with Crippen molar-refractivity contribution in [2.75, 3.05) is 5.32 Å². The van der Waals surface area contributed by atoms with Crippen molar-refractivity contribution >= 4 is 17.7 Å². The lowest BCUT2D eigenvalue weighted by molar-refractivity contribution is -0.111. The summed E-state index contributed by atoms with van der Waals surface area (Å²) in [6, 6.07) is 5.40. The van der Waals surface area contributed by atoms with E-state index in [1.807, 2.05) is 19.9 Å². The lowest BCUT2D eigenvalue weighted by Crippen LogP contribution is -2.11. The molecule has 0 saturated heterocycles. The van der Waals surface area contributed by atoms with E-state index in [2.05, 4.69) is 10.3 Å². The van der Waals surface area contributed by atoms with E-state index in [0.717, 1.165) is 35.5 Å². The van der Waals surface area contributed by atoms with E-state index in [4.69, 9.17) is 0 Å². The molecular weight excluding hydrogens is 286 g/mol. The Labute approximate surface area is 127 Å². The van der Waals surface area contributed by atoms with Gasteiger partial charge in [-0.15, -0.1) is 0 Å². The zero-order valence-electron chi connectivity index (χ0n) is 12.6. The summed E-state index contributed by atoms with van der Waals surface area (Å²) in [5.74, 6) is -1.90. The summed E-state index contributed by atoms with van der Waals surface area (Å²) in [5.41, 5.74) is 2.79. The van der Waals surface area contributed by atoms with Crippen molar-refractivity contribution in [2.24, 2.45) is 0 Å². The van der Waals surface area contributed by atoms with Crippen LogP contribution in [-0.2, 0) is 4.79 Å². The molecule has 3 nitrogen and oxygen atoms in total. The summed E-state index contributed by atoms with van der Waals surface area (Å²) in [6.45, 7) is 5.51. The number of rotatable bonds is 3. The first-order valence-corrected chi connectivity index (χ1v) is 6.76. The number of hydrogen-bond acceptors (Lipinski definition) is 2. The predicted octanol–water partition coefficient (Wildman–Crippen LogP) is 3.94. The molecule has 0 fully saturated rings. The van der Waals surface area contributed by atoms with Gasteiger partial charge >= 0.3 is 0 Å². The van der Waals surface area contributed by atoms with Crippen LogP contribution in [0.1, 0.15) is 22.5 Å². The van der Waals surface area contributed by atoms with Crippen molar-refractivity contribution in [3.8, 4) is 0 Å². The molecule has 0 atom stereocenters. The zero-order chi connectivity index (χ0) is 16.3. The molecule has 2 rings (SSSR count). The summed E-state index contributed by atoms with van der Waals surface area (Å²) in [4.78, 5) is 16.2.